The van der Waals surface area contributed by atoms with Crippen molar-refractivity contribution in [1.29, 1.82) is 0 Å². The Morgan fingerprint density at radius 2 is 0.722 bits per heavy atom. The number of hydrogen-bond acceptors (Lipinski definition) is 8. The monoisotopic (exact) mass is 478 g/mol. The molecule has 0 amide bonds. The summed E-state index contributed by atoms with van der Waals surface area (Å²) in [6.07, 6.45) is 0. The first-order valence-electron chi connectivity index (χ1n) is 11.3. The molecule has 0 aliphatic rings. The molecule has 180 valence electrons. The van der Waals surface area contributed by atoms with Gasteiger partial charge in [0.2, 0.25) is 0 Å². The van der Waals surface area contributed by atoms with Crippen LogP contribution in [0.4, 0.5) is 34.1 Å². The largest absolute Gasteiger partial charge is 0.508 e. The standard InChI is InChI=1S/C28H26N6O2/c1-17-13-23(35)9-11-25(17)31-29-21-5-7-22(8-6-21)30-33-27-15-20(4)28(16-19(27)3)34-32-26-12-10-24(36)14-18(26)2/h5-16,35-36H,1-4H3. The lowest BCUT2D eigenvalue weighted by Crippen LogP contribution is -1.80. The summed E-state index contributed by atoms with van der Waals surface area (Å²) in [4.78, 5) is 0. The fraction of sp³-hybridized carbons (Fsp3) is 0.143. The Morgan fingerprint density at radius 3 is 1.14 bits per heavy atom. The summed E-state index contributed by atoms with van der Waals surface area (Å²) in [6, 6.07) is 21.1. The van der Waals surface area contributed by atoms with Gasteiger partial charge in [-0.3, -0.25) is 0 Å². The van der Waals surface area contributed by atoms with Crippen molar-refractivity contribution in [3.63, 3.8) is 0 Å². The van der Waals surface area contributed by atoms with Crippen molar-refractivity contribution in [2.45, 2.75) is 27.7 Å². The van der Waals surface area contributed by atoms with Crippen molar-refractivity contribution in [2.24, 2.45) is 30.7 Å². The summed E-state index contributed by atoms with van der Waals surface area (Å²) < 4.78 is 0. The smallest absolute Gasteiger partial charge is 0.115 e. The molecule has 0 fully saturated rings. The van der Waals surface area contributed by atoms with Crippen LogP contribution in [0.3, 0.4) is 0 Å². The maximum Gasteiger partial charge on any atom is 0.115 e. The molecule has 0 heterocycles. The van der Waals surface area contributed by atoms with E-state index in [1.165, 1.54) is 0 Å². The van der Waals surface area contributed by atoms with E-state index in [2.05, 4.69) is 30.7 Å². The normalized spacial score (nSPS) is 11.8. The van der Waals surface area contributed by atoms with Crippen LogP contribution < -0.4 is 0 Å². The molecule has 0 aromatic heterocycles. The highest BCUT2D eigenvalue weighted by Gasteiger charge is 2.05. The van der Waals surface area contributed by atoms with E-state index in [1.807, 2.05) is 64.1 Å². The zero-order valence-electron chi connectivity index (χ0n) is 20.5. The molecule has 8 nitrogen and oxygen atoms in total. The minimum Gasteiger partial charge on any atom is -0.508 e. The highest BCUT2D eigenvalue weighted by Crippen LogP contribution is 2.32. The van der Waals surface area contributed by atoms with Gasteiger partial charge in [0.05, 0.1) is 34.1 Å². The van der Waals surface area contributed by atoms with E-state index in [0.717, 1.165) is 33.6 Å². The minimum absolute atomic E-state index is 0.204. The SMILES string of the molecule is Cc1cc(O)ccc1N=Nc1ccc(N=Nc2cc(C)c(N=Nc3ccc(O)cc3C)cc2C)cc1. The van der Waals surface area contributed by atoms with E-state index < -0.39 is 0 Å². The van der Waals surface area contributed by atoms with Gasteiger partial charge in [-0.15, -0.1) is 0 Å². The van der Waals surface area contributed by atoms with Crippen molar-refractivity contribution in [2.75, 3.05) is 0 Å². The molecule has 4 aromatic carbocycles. The van der Waals surface area contributed by atoms with Crippen LogP contribution >= 0.6 is 0 Å². The Kier molecular flexibility index (Phi) is 7.25. The Labute approximate surface area is 209 Å². The molecular weight excluding hydrogens is 452 g/mol. The third-order valence-electron chi connectivity index (χ3n) is 5.54. The Bertz CT molecular complexity index is 1490. The van der Waals surface area contributed by atoms with E-state index in [9.17, 15) is 10.2 Å². The summed E-state index contributed by atoms with van der Waals surface area (Å²) in [7, 11) is 0. The maximum absolute atomic E-state index is 9.56. The third-order valence-corrected chi connectivity index (χ3v) is 5.54. The molecule has 0 atom stereocenters. The van der Waals surface area contributed by atoms with Crippen molar-refractivity contribution < 1.29 is 10.2 Å². The summed E-state index contributed by atoms with van der Waals surface area (Å²) in [5.41, 5.74) is 7.82. The quantitative estimate of drug-likeness (QED) is 0.269. The highest BCUT2D eigenvalue weighted by atomic mass is 16.3. The predicted molar refractivity (Wildman–Crippen MR) is 141 cm³/mol. The fourth-order valence-electron chi connectivity index (χ4n) is 3.42. The molecular formula is C28H26N6O2. The van der Waals surface area contributed by atoms with Gasteiger partial charge >= 0.3 is 0 Å². The molecule has 8 heteroatoms. The number of nitrogens with zero attached hydrogens (tertiary/aromatic N) is 6. The fourth-order valence-corrected chi connectivity index (χ4v) is 3.42. The first-order chi connectivity index (χ1) is 17.3. The van der Waals surface area contributed by atoms with E-state index >= 15 is 0 Å². The maximum atomic E-state index is 9.56. The molecule has 0 radical (unpaired) electrons. The summed E-state index contributed by atoms with van der Waals surface area (Å²) in [6.45, 7) is 7.65. The van der Waals surface area contributed by atoms with Crippen molar-refractivity contribution in [3.05, 3.63) is 95.1 Å². The van der Waals surface area contributed by atoms with E-state index in [4.69, 9.17) is 0 Å². The van der Waals surface area contributed by atoms with E-state index in [1.54, 1.807) is 36.4 Å². The molecule has 0 saturated carbocycles. The van der Waals surface area contributed by atoms with Gasteiger partial charge in [0.1, 0.15) is 11.5 Å². The second-order valence-electron chi connectivity index (χ2n) is 8.48. The number of aromatic hydroxyl groups is 2. The zero-order valence-corrected chi connectivity index (χ0v) is 20.5. The van der Waals surface area contributed by atoms with Gasteiger partial charge in [0, 0.05) is 0 Å². The van der Waals surface area contributed by atoms with E-state index in [0.29, 0.717) is 22.7 Å². The average Bonchev–Trinajstić information content (AvgIpc) is 2.84. The van der Waals surface area contributed by atoms with Crippen LogP contribution in [0.15, 0.2) is 103 Å². The number of phenols is 2. The molecule has 2 N–H and O–H groups in total. The second-order valence-corrected chi connectivity index (χ2v) is 8.48. The molecule has 0 aliphatic heterocycles. The molecule has 0 spiro atoms. The summed E-state index contributed by atoms with van der Waals surface area (Å²) >= 11 is 0. The van der Waals surface area contributed by atoms with E-state index in [-0.39, 0.29) is 11.5 Å². The van der Waals surface area contributed by atoms with Crippen LogP contribution in [-0.2, 0) is 0 Å². The summed E-state index contributed by atoms with van der Waals surface area (Å²) in [5.74, 6) is 0.409. The van der Waals surface area contributed by atoms with Gasteiger partial charge in [0.15, 0.2) is 0 Å². The van der Waals surface area contributed by atoms with Crippen LogP contribution in [-0.4, -0.2) is 10.2 Å². The van der Waals surface area contributed by atoms with Gasteiger partial charge in [-0.05, 0) is 123 Å². The van der Waals surface area contributed by atoms with Crippen LogP contribution in [0.1, 0.15) is 22.3 Å². The Hall–Kier alpha value is -4.72. The van der Waals surface area contributed by atoms with Crippen molar-refractivity contribution >= 4 is 34.1 Å². The first-order valence-corrected chi connectivity index (χ1v) is 11.3. The lowest BCUT2D eigenvalue weighted by Gasteiger charge is -2.05. The van der Waals surface area contributed by atoms with Gasteiger partial charge < -0.3 is 10.2 Å². The van der Waals surface area contributed by atoms with Crippen LogP contribution in [0.2, 0.25) is 0 Å². The molecule has 0 unspecified atom stereocenters. The molecule has 0 saturated heterocycles. The molecule has 36 heavy (non-hydrogen) atoms. The van der Waals surface area contributed by atoms with Gasteiger partial charge in [0.25, 0.3) is 0 Å². The van der Waals surface area contributed by atoms with Gasteiger partial charge in [-0.1, -0.05) is 0 Å². The van der Waals surface area contributed by atoms with Crippen LogP contribution in [0.25, 0.3) is 0 Å². The lowest BCUT2D eigenvalue weighted by molar-refractivity contribution is 0.474. The molecule has 0 bridgehead atoms. The molecule has 4 aromatic rings. The Balaban J connectivity index is 1.46. The summed E-state index contributed by atoms with van der Waals surface area (Å²) in [5, 5.41) is 45.0. The molecule has 4 rings (SSSR count). The zero-order chi connectivity index (χ0) is 25.7. The topological polar surface area (TPSA) is 115 Å². The number of phenolic OH excluding ortho intramolecular Hbond substituents is 2. The highest BCUT2D eigenvalue weighted by molar-refractivity contribution is 5.59. The van der Waals surface area contributed by atoms with Crippen molar-refractivity contribution in [3.8, 4) is 11.5 Å². The number of rotatable bonds is 6. The number of benzene rings is 4. The number of aryl methyl sites for hydroxylation is 4. The number of hydrogen-bond donors (Lipinski definition) is 2. The van der Waals surface area contributed by atoms with Crippen LogP contribution in [0, 0.1) is 27.7 Å². The van der Waals surface area contributed by atoms with Crippen molar-refractivity contribution in [1.82, 2.24) is 0 Å². The lowest BCUT2D eigenvalue weighted by atomic mass is 10.1. The number of azo groups is 3. The first kappa shape index (κ1) is 24.4. The minimum atomic E-state index is 0.204. The Morgan fingerprint density at radius 1 is 0.389 bits per heavy atom. The average molecular weight is 479 g/mol. The molecule has 0 aliphatic carbocycles. The van der Waals surface area contributed by atoms with Gasteiger partial charge in [-0.2, -0.15) is 30.7 Å². The van der Waals surface area contributed by atoms with Gasteiger partial charge in [-0.25, -0.2) is 0 Å². The van der Waals surface area contributed by atoms with Crippen LogP contribution in [0.5, 0.6) is 11.5 Å². The third kappa shape index (κ3) is 6.04. The predicted octanol–water partition coefficient (Wildman–Crippen LogP) is 9.58. The second kappa shape index (κ2) is 10.7.